The van der Waals surface area contributed by atoms with E-state index < -0.39 is 0 Å². The first-order valence-corrected chi connectivity index (χ1v) is 18.2. The lowest BCUT2D eigenvalue weighted by Crippen LogP contribution is -2.09. The van der Waals surface area contributed by atoms with Crippen molar-refractivity contribution in [2.24, 2.45) is 0 Å². The second-order valence-electron chi connectivity index (χ2n) is 13.0. The molecule has 0 aromatic heterocycles. The molecule has 0 radical (unpaired) electrons. The molecule has 4 nitrogen and oxygen atoms in total. The van der Waals surface area contributed by atoms with Crippen LogP contribution in [-0.2, 0) is 9.59 Å². The zero-order valence-electron chi connectivity index (χ0n) is 27.9. The number of carbonyl (C=O) groups is 2. The number of aliphatic hydroxyl groups is 2. The van der Waals surface area contributed by atoms with E-state index in [4.69, 9.17) is 10.2 Å². The summed E-state index contributed by atoms with van der Waals surface area (Å²) >= 11 is 0. The zero-order chi connectivity index (χ0) is 30.7. The SMILES string of the molecule is CC1=C(CCCCCCCCCCCCO)CCCC1=O.CC1=C(CCCCCCCCCCCCO)CCCC1=O. The average molecular weight is 589 g/mol. The first kappa shape index (κ1) is 38.8. The molecule has 0 heterocycles. The van der Waals surface area contributed by atoms with Gasteiger partial charge in [0.25, 0.3) is 0 Å². The van der Waals surface area contributed by atoms with Gasteiger partial charge in [-0.2, -0.15) is 0 Å². The summed E-state index contributed by atoms with van der Waals surface area (Å²) in [5.41, 5.74) is 5.03. The van der Waals surface area contributed by atoms with E-state index in [-0.39, 0.29) is 0 Å². The van der Waals surface area contributed by atoms with Gasteiger partial charge < -0.3 is 10.2 Å². The molecule has 42 heavy (non-hydrogen) atoms. The number of unbranched alkanes of at least 4 members (excludes halogenated alkanes) is 18. The van der Waals surface area contributed by atoms with Gasteiger partial charge in [0.1, 0.15) is 0 Å². The lowest BCUT2D eigenvalue weighted by molar-refractivity contribution is -0.116. The lowest BCUT2D eigenvalue weighted by atomic mass is 9.88. The second-order valence-corrected chi connectivity index (χ2v) is 13.0. The van der Waals surface area contributed by atoms with Crippen molar-refractivity contribution < 1.29 is 19.8 Å². The van der Waals surface area contributed by atoms with Crippen molar-refractivity contribution in [3.63, 3.8) is 0 Å². The third-order valence-electron chi connectivity index (χ3n) is 9.44. The maximum absolute atomic E-state index is 11.6. The summed E-state index contributed by atoms with van der Waals surface area (Å²) in [7, 11) is 0. The minimum absolute atomic E-state index is 0.349. The smallest absolute Gasteiger partial charge is 0.158 e. The number of rotatable bonds is 24. The molecule has 244 valence electrons. The Hall–Kier alpha value is -1.26. The molecule has 0 spiro atoms. The Bertz CT molecular complexity index is 699. The van der Waals surface area contributed by atoms with Gasteiger partial charge in [-0.1, -0.05) is 114 Å². The van der Waals surface area contributed by atoms with Crippen molar-refractivity contribution in [2.75, 3.05) is 13.2 Å². The molecule has 0 unspecified atom stereocenters. The van der Waals surface area contributed by atoms with Gasteiger partial charge in [-0.25, -0.2) is 0 Å². The summed E-state index contributed by atoms with van der Waals surface area (Å²) in [5, 5.41) is 17.4. The highest BCUT2D eigenvalue weighted by Crippen LogP contribution is 2.27. The van der Waals surface area contributed by atoms with Crippen LogP contribution in [0.1, 0.15) is 194 Å². The fourth-order valence-electron chi connectivity index (χ4n) is 6.42. The van der Waals surface area contributed by atoms with Crippen LogP contribution in [0.3, 0.4) is 0 Å². The summed E-state index contributed by atoms with van der Waals surface area (Å²) < 4.78 is 0. The van der Waals surface area contributed by atoms with E-state index in [0.29, 0.717) is 24.8 Å². The third kappa shape index (κ3) is 19.8. The second kappa shape index (κ2) is 27.3. The molecule has 0 aromatic rings. The summed E-state index contributed by atoms with van der Waals surface area (Å²) in [4.78, 5) is 23.3. The summed E-state index contributed by atoms with van der Waals surface area (Å²) in [5.74, 6) is 0.773. The zero-order valence-corrected chi connectivity index (χ0v) is 27.9. The van der Waals surface area contributed by atoms with E-state index in [1.165, 1.54) is 127 Å². The van der Waals surface area contributed by atoms with Crippen LogP contribution in [0.2, 0.25) is 0 Å². The standard InChI is InChI=1S/2C19H34O2/c2*1-17-18(14-12-15-19(17)21)13-10-8-6-4-2-3-5-7-9-11-16-20/h2*20H,2-16H2,1H3. The van der Waals surface area contributed by atoms with E-state index in [2.05, 4.69) is 0 Å². The molecule has 2 aliphatic rings. The molecule has 0 saturated carbocycles. The molecular formula is C38H68O4. The van der Waals surface area contributed by atoms with Crippen LogP contribution in [0, 0.1) is 0 Å². The Balaban J connectivity index is 0.000000420. The Morgan fingerprint density at radius 3 is 0.952 bits per heavy atom. The molecule has 0 bridgehead atoms. The van der Waals surface area contributed by atoms with Crippen LogP contribution in [0.15, 0.2) is 22.3 Å². The Labute approximate surface area is 260 Å². The fraction of sp³-hybridized carbons (Fsp3) is 0.842. The van der Waals surface area contributed by atoms with Gasteiger partial charge >= 0.3 is 0 Å². The first-order valence-electron chi connectivity index (χ1n) is 18.2. The van der Waals surface area contributed by atoms with Crippen molar-refractivity contribution in [3.05, 3.63) is 22.3 Å². The molecule has 0 saturated heterocycles. The maximum Gasteiger partial charge on any atom is 0.158 e. The predicted molar refractivity (Wildman–Crippen MR) is 179 cm³/mol. The van der Waals surface area contributed by atoms with Crippen molar-refractivity contribution in [1.82, 2.24) is 0 Å². The molecule has 2 rings (SSSR count). The van der Waals surface area contributed by atoms with E-state index in [1.54, 1.807) is 0 Å². The van der Waals surface area contributed by atoms with Crippen LogP contribution in [0.25, 0.3) is 0 Å². The average Bonchev–Trinajstić information content (AvgIpc) is 2.99. The van der Waals surface area contributed by atoms with Crippen molar-refractivity contribution in [2.45, 2.75) is 194 Å². The highest BCUT2D eigenvalue weighted by atomic mass is 16.3. The van der Waals surface area contributed by atoms with Crippen LogP contribution >= 0.6 is 0 Å². The summed E-state index contributed by atoms with van der Waals surface area (Å²) in [6.07, 6.45) is 33.8. The fourth-order valence-corrected chi connectivity index (χ4v) is 6.42. The van der Waals surface area contributed by atoms with Crippen molar-refractivity contribution >= 4 is 11.6 Å². The molecule has 4 heteroatoms. The lowest BCUT2D eigenvalue weighted by Gasteiger charge is -2.16. The molecule has 0 amide bonds. The van der Waals surface area contributed by atoms with E-state index in [9.17, 15) is 9.59 Å². The van der Waals surface area contributed by atoms with E-state index in [1.807, 2.05) is 13.8 Å². The quantitative estimate of drug-likeness (QED) is 0.110. The predicted octanol–water partition coefficient (Wildman–Crippen LogP) is 10.7. The molecule has 0 aliphatic heterocycles. The number of ketones is 2. The molecule has 0 atom stereocenters. The number of hydrogen-bond acceptors (Lipinski definition) is 4. The molecular weight excluding hydrogens is 520 g/mol. The van der Waals surface area contributed by atoms with Crippen LogP contribution < -0.4 is 0 Å². The largest absolute Gasteiger partial charge is 0.396 e. The van der Waals surface area contributed by atoms with Gasteiger partial charge in [0.15, 0.2) is 11.6 Å². The number of allylic oxidation sites excluding steroid dienone is 4. The minimum Gasteiger partial charge on any atom is -0.396 e. The molecule has 2 N–H and O–H groups in total. The molecule has 0 aromatic carbocycles. The topological polar surface area (TPSA) is 74.6 Å². The van der Waals surface area contributed by atoms with Crippen molar-refractivity contribution in [3.8, 4) is 0 Å². The summed E-state index contributed by atoms with van der Waals surface area (Å²) in [6, 6.07) is 0. The molecule has 2 aliphatic carbocycles. The maximum atomic E-state index is 11.6. The van der Waals surface area contributed by atoms with Crippen LogP contribution in [0.4, 0.5) is 0 Å². The summed E-state index contributed by atoms with van der Waals surface area (Å²) in [6.45, 7) is 4.74. The van der Waals surface area contributed by atoms with Gasteiger partial charge in [-0.15, -0.1) is 0 Å². The van der Waals surface area contributed by atoms with Crippen LogP contribution in [0.5, 0.6) is 0 Å². The van der Waals surface area contributed by atoms with E-state index >= 15 is 0 Å². The Morgan fingerprint density at radius 1 is 0.405 bits per heavy atom. The molecule has 0 fully saturated rings. The number of hydrogen-bond donors (Lipinski definition) is 2. The van der Waals surface area contributed by atoms with Crippen molar-refractivity contribution in [1.29, 1.82) is 0 Å². The van der Waals surface area contributed by atoms with E-state index in [0.717, 1.165) is 75.4 Å². The monoisotopic (exact) mass is 589 g/mol. The highest BCUT2D eigenvalue weighted by molar-refractivity contribution is 5.96. The number of aliphatic hydroxyl groups excluding tert-OH is 2. The first-order chi connectivity index (χ1) is 20.5. The Kier molecular flexibility index (Phi) is 25.2. The minimum atomic E-state index is 0.349. The van der Waals surface area contributed by atoms with Gasteiger partial charge in [0, 0.05) is 26.1 Å². The number of Topliss-reactive ketones (excluding diaryl/α,β-unsaturated/α-hetero) is 2. The highest BCUT2D eigenvalue weighted by Gasteiger charge is 2.16. The number of carbonyl (C=O) groups excluding carboxylic acids is 2. The normalized spacial score (nSPS) is 15.8. The Morgan fingerprint density at radius 2 is 0.667 bits per heavy atom. The van der Waals surface area contributed by atoms with Gasteiger partial charge in [0.2, 0.25) is 0 Å². The third-order valence-corrected chi connectivity index (χ3v) is 9.44. The van der Waals surface area contributed by atoms with Gasteiger partial charge in [-0.05, 0) is 89.2 Å². The van der Waals surface area contributed by atoms with Gasteiger partial charge in [0.05, 0.1) is 0 Å². The van der Waals surface area contributed by atoms with Crippen LogP contribution in [-0.4, -0.2) is 35.0 Å². The van der Waals surface area contributed by atoms with Gasteiger partial charge in [-0.3, -0.25) is 9.59 Å².